The fourth-order valence-corrected chi connectivity index (χ4v) is 8.29. The molecule has 20 heteroatoms. The van der Waals surface area contributed by atoms with Crippen molar-refractivity contribution >= 4 is 68.4 Å². The van der Waals surface area contributed by atoms with Crippen LogP contribution in [0.1, 0.15) is 101 Å². The third kappa shape index (κ3) is 11.1. The van der Waals surface area contributed by atoms with Gasteiger partial charge in [0.2, 0.25) is 17.8 Å². The number of fused-ring (bicyclic) bond motifs is 4. The standard InChI is InChI=1S/C49H57N11O9/c1-5-57-28-29(3)21-38(57)48(67)55-49-53-36-24-32(45(51)66)26-40(69-20-12-18-61)43(36)59(49)17-9-8-16-58-42-34(35-27-52-46(54-47(35)58)37-22-30(4)56-60(37)6-2)23-31(44(50)65)25-39(42)68-19-10-7-13-33(62)14-11-15-41(63)64/h8-9,21-28,61H,5-7,10-20H2,1-4H3,(H2,50,65)(H2,51,66)(H,63,64)(H,53,55,67)/b9-8+. The lowest BCUT2D eigenvalue weighted by Gasteiger charge is -2.13. The van der Waals surface area contributed by atoms with E-state index in [0.717, 1.165) is 17.0 Å². The van der Waals surface area contributed by atoms with Gasteiger partial charge in [-0.25, -0.2) is 15.0 Å². The van der Waals surface area contributed by atoms with Crippen LogP contribution in [0.5, 0.6) is 11.5 Å². The van der Waals surface area contributed by atoms with Crippen molar-refractivity contribution in [1.29, 1.82) is 0 Å². The summed E-state index contributed by atoms with van der Waals surface area (Å²) in [5, 5.41) is 27.3. The second-order valence-corrected chi connectivity index (χ2v) is 16.6. The van der Waals surface area contributed by atoms with Crippen LogP contribution in [0, 0.1) is 13.8 Å². The zero-order chi connectivity index (χ0) is 49.4. The van der Waals surface area contributed by atoms with Crippen LogP contribution in [0.4, 0.5) is 5.95 Å². The van der Waals surface area contributed by atoms with Crippen LogP contribution < -0.4 is 26.3 Å². The number of hydrogen-bond acceptors (Lipinski definition) is 12. The van der Waals surface area contributed by atoms with Crippen LogP contribution in [-0.2, 0) is 35.8 Å². The van der Waals surface area contributed by atoms with E-state index >= 15 is 0 Å². The molecule has 0 aliphatic carbocycles. The lowest BCUT2D eigenvalue weighted by molar-refractivity contribution is -0.137. The minimum atomic E-state index is -0.939. The quantitative estimate of drug-likeness (QED) is 0.0321. The number of hydrogen-bond donors (Lipinski definition) is 5. The van der Waals surface area contributed by atoms with Crippen LogP contribution >= 0.6 is 0 Å². The maximum absolute atomic E-state index is 13.9. The van der Waals surface area contributed by atoms with E-state index in [0.29, 0.717) is 82.6 Å². The van der Waals surface area contributed by atoms with Crippen molar-refractivity contribution in [3.8, 4) is 23.0 Å². The molecule has 20 nitrogen and oxygen atoms in total. The molecule has 3 amide bonds. The zero-order valence-electron chi connectivity index (χ0n) is 39.2. The number of rotatable bonds is 25. The third-order valence-corrected chi connectivity index (χ3v) is 11.6. The molecule has 0 bridgehead atoms. The number of ketones is 1. The van der Waals surface area contributed by atoms with Gasteiger partial charge >= 0.3 is 5.97 Å². The average molecular weight is 944 g/mol. The predicted molar refractivity (Wildman–Crippen MR) is 258 cm³/mol. The highest BCUT2D eigenvalue weighted by Crippen LogP contribution is 2.37. The number of nitrogens with one attached hydrogen (secondary N) is 1. The lowest BCUT2D eigenvalue weighted by Crippen LogP contribution is -2.19. The van der Waals surface area contributed by atoms with E-state index in [2.05, 4.69) is 10.4 Å². The van der Waals surface area contributed by atoms with Gasteiger partial charge < -0.3 is 44.9 Å². The molecule has 362 valence electrons. The Morgan fingerprint density at radius 2 is 1.45 bits per heavy atom. The molecule has 0 fully saturated rings. The Labute approximate surface area is 396 Å². The molecule has 0 unspecified atom stereocenters. The number of ether oxygens (including phenoxy) is 2. The molecule has 7 rings (SSSR count). The number of benzene rings is 2. The molecule has 2 aromatic carbocycles. The maximum atomic E-state index is 13.9. The average Bonchev–Trinajstić information content (AvgIpc) is 4.08. The van der Waals surface area contributed by atoms with E-state index in [1.807, 2.05) is 65.9 Å². The molecule has 5 aromatic heterocycles. The predicted octanol–water partition coefficient (Wildman–Crippen LogP) is 6.10. The minimum absolute atomic E-state index is 0.0176. The topological polar surface area (TPSA) is 280 Å². The summed E-state index contributed by atoms with van der Waals surface area (Å²) in [6, 6.07) is 10.0. The Kier molecular flexibility index (Phi) is 15.5. The Bertz CT molecular complexity index is 3100. The van der Waals surface area contributed by atoms with Gasteiger partial charge in [-0.05, 0) is 88.9 Å². The number of Topliss-reactive ketones (excluding diaryl/α,β-unsaturated/α-hetero) is 1. The first-order chi connectivity index (χ1) is 33.2. The van der Waals surface area contributed by atoms with Gasteiger partial charge in [0, 0.05) is 92.8 Å². The minimum Gasteiger partial charge on any atom is -0.491 e. The number of unbranched alkanes of at least 4 members (excludes halogenated alkanes) is 1. The number of carbonyl (C=O) groups excluding carboxylic acids is 4. The fourth-order valence-electron chi connectivity index (χ4n) is 8.29. The number of nitrogens with two attached hydrogens (primary N) is 2. The van der Waals surface area contributed by atoms with Crippen LogP contribution in [0.25, 0.3) is 44.5 Å². The Morgan fingerprint density at radius 1 is 0.768 bits per heavy atom. The van der Waals surface area contributed by atoms with Gasteiger partial charge in [0.15, 0.2) is 5.82 Å². The zero-order valence-corrected chi connectivity index (χ0v) is 39.2. The highest BCUT2D eigenvalue weighted by Gasteiger charge is 2.24. The molecule has 0 saturated heterocycles. The van der Waals surface area contributed by atoms with E-state index in [1.54, 1.807) is 29.0 Å². The van der Waals surface area contributed by atoms with Crippen molar-refractivity contribution in [3.63, 3.8) is 0 Å². The SMILES string of the molecule is CCn1cc(C)cc1C(=O)Nc1nc2cc(C(N)=O)cc(OCCCO)c2n1C/C=C/Cn1c2nc(-c3cc(C)nn3CC)ncc2c2cc(C(N)=O)cc(OCCCCC(=O)CCCC(=O)O)c21. The number of nitrogens with zero attached hydrogens (tertiary/aromatic N) is 8. The second kappa shape index (κ2) is 21.8. The number of carboxylic acid groups (broad SMARTS) is 1. The number of aliphatic carboxylic acids is 1. The molecule has 5 heterocycles. The summed E-state index contributed by atoms with van der Waals surface area (Å²) in [6.45, 7) is 9.45. The molecule has 0 spiro atoms. The molecule has 69 heavy (non-hydrogen) atoms. The first kappa shape index (κ1) is 49.0. The number of aliphatic hydroxyl groups is 1. The van der Waals surface area contributed by atoms with Crippen LogP contribution in [0.15, 0.2) is 60.9 Å². The number of allylic oxidation sites excluding steroid dienone is 2. The summed E-state index contributed by atoms with van der Waals surface area (Å²) < 4.78 is 19.9. The van der Waals surface area contributed by atoms with E-state index < -0.39 is 23.7 Å². The molecule has 0 aliphatic heterocycles. The van der Waals surface area contributed by atoms with Gasteiger partial charge in [-0.2, -0.15) is 5.10 Å². The summed E-state index contributed by atoms with van der Waals surface area (Å²) in [6.07, 6.45) is 9.43. The summed E-state index contributed by atoms with van der Waals surface area (Å²) in [5.41, 5.74) is 16.8. The first-order valence-electron chi connectivity index (χ1n) is 23.0. The Morgan fingerprint density at radius 3 is 2.13 bits per heavy atom. The summed E-state index contributed by atoms with van der Waals surface area (Å²) >= 11 is 0. The van der Waals surface area contributed by atoms with E-state index in [1.165, 1.54) is 12.1 Å². The number of anilines is 1. The number of amides is 3. The van der Waals surface area contributed by atoms with Gasteiger partial charge in [0.25, 0.3) is 5.91 Å². The molecule has 0 saturated carbocycles. The summed E-state index contributed by atoms with van der Waals surface area (Å²) in [7, 11) is 0. The normalized spacial score (nSPS) is 11.6. The van der Waals surface area contributed by atoms with E-state index in [4.69, 9.17) is 41.0 Å². The molecule has 7 N–H and O–H groups in total. The van der Waals surface area contributed by atoms with Crippen molar-refractivity contribution in [1.82, 2.24) is 38.4 Å². The van der Waals surface area contributed by atoms with Crippen molar-refractivity contribution < 1.29 is 43.7 Å². The Hall–Kier alpha value is -7.87. The van der Waals surface area contributed by atoms with Crippen molar-refractivity contribution in [2.45, 2.75) is 98.8 Å². The summed E-state index contributed by atoms with van der Waals surface area (Å²) in [4.78, 5) is 77.0. The fraction of sp³-hybridized carbons (Fsp3) is 0.367. The second-order valence-electron chi connectivity index (χ2n) is 16.6. The third-order valence-electron chi connectivity index (χ3n) is 11.6. The Balaban J connectivity index is 1.29. The highest BCUT2D eigenvalue weighted by atomic mass is 16.5. The van der Waals surface area contributed by atoms with Crippen molar-refractivity contribution in [2.75, 3.05) is 25.1 Å². The molecule has 0 aliphatic rings. The van der Waals surface area contributed by atoms with E-state index in [-0.39, 0.29) is 87.2 Å². The van der Waals surface area contributed by atoms with Gasteiger partial charge in [-0.3, -0.25) is 34.0 Å². The number of carbonyl (C=O) groups is 5. The van der Waals surface area contributed by atoms with Gasteiger partial charge in [0.1, 0.15) is 39.8 Å². The maximum Gasteiger partial charge on any atom is 0.303 e. The number of imidazole rings is 1. The number of aliphatic hydroxyl groups excluding tert-OH is 1. The molecule has 0 atom stereocenters. The number of aromatic nitrogens is 8. The van der Waals surface area contributed by atoms with Gasteiger partial charge in [0.05, 0.1) is 29.9 Å². The molecule has 7 aromatic rings. The largest absolute Gasteiger partial charge is 0.491 e. The monoisotopic (exact) mass is 943 g/mol. The van der Waals surface area contributed by atoms with E-state index in [9.17, 15) is 29.1 Å². The van der Waals surface area contributed by atoms with Crippen molar-refractivity contribution in [3.05, 3.63) is 89.0 Å². The van der Waals surface area contributed by atoms with Crippen LogP contribution in [-0.4, -0.2) is 97.9 Å². The van der Waals surface area contributed by atoms with Crippen LogP contribution in [0.2, 0.25) is 0 Å². The number of aryl methyl sites for hydroxylation is 4. The molecular weight excluding hydrogens is 887 g/mol. The smallest absolute Gasteiger partial charge is 0.303 e. The van der Waals surface area contributed by atoms with Gasteiger partial charge in [-0.1, -0.05) is 12.2 Å². The molecular formula is C49H57N11O9. The van der Waals surface area contributed by atoms with Crippen molar-refractivity contribution in [2.24, 2.45) is 11.5 Å². The van der Waals surface area contributed by atoms with Crippen LogP contribution in [0.3, 0.4) is 0 Å². The number of primary amides is 2. The number of carboxylic acids is 1. The first-order valence-corrected chi connectivity index (χ1v) is 23.0. The highest BCUT2D eigenvalue weighted by molar-refractivity contribution is 6.12. The van der Waals surface area contributed by atoms with Gasteiger partial charge in [-0.15, -0.1) is 0 Å². The summed E-state index contributed by atoms with van der Waals surface area (Å²) in [5.74, 6) is -1.44. The molecule has 0 radical (unpaired) electrons. The lowest BCUT2D eigenvalue weighted by atomic mass is 10.1.